The molecule has 2 aromatic carbocycles. The van der Waals surface area contributed by atoms with Crippen LogP contribution >= 0.6 is 0 Å². The van der Waals surface area contributed by atoms with Gasteiger partial charge in [0.05, 0.1) is 0 Å². The van der Waals surface area contributed by atoms with Crippen molar-refractivity contribution in [2.75, 3.05) is 0 Å². The molecule has 0 amide bonds. The van der Waals surface area contributed by atoms with Crippen LogP contribution < -0.4 is 15.0 Å². The van der Waals surface area contributed by atoms with Crippen molar-refractivity contribution in [3.8, 4) is 0 Å². The summed E-state index contributed by atoms with van der Waals surface area (Å²) in [4.78, 5) is 0. The molecule has 1 aliphatic carbocycles. The molecule has 1 atom stereocenters. The van der Waals surface area contributed by atoms with Gasteiger partial charge in [-0.3, -0.25) is 0 Å². The Balaban J connectivity index is 2.39. The van der Waals surface area contributed by atoms with Gasteiger partial charge in [0.2, 0.25) is 8.24 Å². The van der Waals surface area contributed by atoms with Crippen LogP contribution in [0.25, 0.3) is 0 Å². The molecule has 1 aliphatic rings. The van der Waals surface area contributed by atoms with Crippen LogP contribution in [-0.4, -0.2) is 26.7 Å². The van der Waals surface area contributed by atoms with Crippen molar-refractivity contribution in [3.63, 3.8) is 0 Å². The Labute approximate surface area is 170 Å². The number of hydrogen-bond acceptors (Lipinski definition) is 1. The highest BCUT2D eigenvalue weighted by Crippen LogP contribution is 2.43. The third-order valence-corrected chi connectivity index (χ3v) is 15.0. The van der Waals surface area contributed by atoms with E-state index >= 15 is 0 Å². The fraction of sp³-hybridized carbons (Fsp3) is 0.304. The first-order valence-corrected chi connectivity index (χ1v) is 15.8. The van der Waals surface area contributed by atoms with E-state index in [4.69, 9.17) is 0 Å². The smallest absolute Gasteiger partial charge is 0.212 e. The zero-order valence-corrected chi connectivity index (χ0v) is 20.4. The molecule has 0 aliphatic heterocycles. The summed E-state index contributed by atoms with van der Waals surface area (Å²) >= 11 is 0. The Bertz CT molecular complexity index is 837. The molecule has 0 bridgehead atoms. The summed E-state index contributed by atoms with van der Waals surface area (Å²) in [7, 11) is 0.195. The number of rotatable bonds is 5. The molecular formula is C23H30NSi3. The van der Waals surface area contributed by atoms with E-state index in [1.165, 1.54) is 27.1 Å². The first-order valence-electron chi connectivity index (χ1n) is 9.69. The van der Waals surface area contributed by atoms with E-state index < -0.39 is 16.5 Å². The van der Waals surface area contributed by atoms with Crippen molar-refractivity contribution in [2.24, 2.45) is 0 Å². The average molecular weight is 405 g/mol. The topological polar surface area (TPSA) is 12.0 Å². The summed E-state index contributed by atoms with van der Waals surface area (Å²) in [6.45, 7) is 14.1. The van der Waals surface area contributed by atoms with Crippen LogP contribution in [0.2, 0.25) is 25.2 Å². The highest BCUT2D eigenvalue weighted by Gasteiger charge is 2.48. The molecule has 2 aromatic rings. The van der Waals surface area contributed by atoms with Crippen molar-refractivity contribution >= 4 is 37.1 Å². The van der Waals surface area contributed by atoms with E-state index in [2.05, 4.69) is 116 Å². The maximum atomic E-state index is 4.31. The van der Waals surface area contributed by atoms with Gasteiger partial charge in [-0.05, 0) is 42.3 Å². The SMILES string of the molecule is CC1=C(C)C([Si])C([Si](N[Si](C)(C)C)(c2ccccc2)c2ccccc2)=C1C. The maximum Gasteiger partial charge on any atom is 0.212 e. The number of allylic oxidation sites excluding steroid dienone is 4. The lowest BCUT2D eigenvalue weighted by Gasteiger charge is -2.42. The van der Waals surface area contributed by atoms with Crippen molar-refractivity contribution < 1.29 is 0 Å². The lowest BCUT2D eigenvalue weighted by Crippen LogP contribution is -2.76. The zero-order valence-electron chi connectivity index (χ0n) is 17.4. The third kappa shape index (κ3) is 3.63. The Morgan fingerprint density at radius 1 is 0.741 bits per heavy atom. The maximum absolute atomic E-state index is 4.31. The van der Waals surface area contributed by atoms with E-state index in [0.717, 1.165) is 0 Å². The monoisotopic (exact) mass is 404 g/mol. The molecule has 4 heteroatoms. The quantitative estimate of drug-likeness (QED) is 0.731. The molecule has 1 unspecified atom stereocenters. The normalized spacial score (nSPS) is 18.4. The first-order chi connectivity index (χ1) is 12.7. The van der Waals surface area contributed by atoms with Gasteiger partial charge in [0, 0.05) is 10.2 Å². The van der Waals surface area contributed by atoms with Crippen LogP contribution in [0.3, 0.4) is 0 Å². The number of hydrogen-bond donors (Lipinski definition) is 1. The molecule has 3 rings (SSSR count). The van der Waals surface area contributed by atoms with Gasteiger partial charge < -0.3 is 4.65 Å². The summed E-state index contributed by atoms with van der Waals surface area (Å²) in [6, 6.07) is 22.3. The molecule has 0 saturated carbocycles. The fourth-order valence-electron chi connectivity index (χ4n) is 4.27. The van der Waals surface area contributed by atoms with Gasteiger partial charge in [0.25, 0.3) is 0 Å². The predicted octanol–water partition coefficient (Wildman–Crippen LogP) is 4.33. The molecule has 3 radical (unpaired) electrons. The van der Waals surface area contributed by atoms with Crippen LogP contribution in [0.5, 0.6) is 0 Å². The standard InChI is InChI=1S/C23H30NSi3/c1-17-18(2)22(25)23(19(17)3)27(24-26(4,5)6,20-13-9-7-10-14-20)21-15-11-8-12-16-21/h7-16,22,24H,1-6H3. The molecular weight excluding hydrogens is 375 g/mol. The second-order valence-electron chi connectivity index (χ2n) is 8.64. The van der Waals surface area contributed by atoms with Gasteiger partial charge in [-0.1, -0.05) is 96.6 Å². The summed E-state index contributed by atoms with van der Waals surface area (Å²) in [6.07, 6.45) is 0. The molecule has 0 saturated heterocycles. The molecule has 0 fully saturated rings. The van der Waals surface area contributed by atoms with Crippen molar-refractivity contribution in [2.45, 2.75) is 46.0 Å². The van der Waals surface area contributed by atoms with Gasteiger partial charge >= 0.3 is 0 Å². The van der Waals surface area contributed by atoms with Gasteiger partial charge in [0.15, 0.2) is 0 Å². The van der Waals surface area contributed by atoms with E-state index in [1.54, 1.807) is 5.20 Å². The van der Waals surface area contributed by atoms with Gasteiger partial charge in [-0.15, -0.1) is 0 Å². The van der Waals surface area contributed by atoms with Crippen LogP contribution in [0, 0.1) is 0 Å². The highest BCUT2D eigenvalue weighted by molar-refractivity contribution is 7.11. The van der Waals surface area contributed by atoms with E-state index in [0.29, 0.717) is 5.54 Å². The second-order valence-corrected chi connectivity index (χ2v) is 17.9. The molecule has 139 valence electrons. The summed E-state index contributed by atoms with van der Waals surface area (Å²) in [5.41, 5.74) is 4.63. The Kier molecular flexibility index (Phi) is 5.64. The molecule has 27 heavy (non-hydrogen) atoms. The molecule has 1 N–H and O–H groups in total. The molecule has 0 heterocycles. The molecule has 1 nitrogen and oxygen atoms in total. The summed E-state index contributed by atoms with van der Waals surface area (Å²) < 4.78 is 4.31. The molecule has 0 spiro atoms. The minimum atomic E-state index is -2.36. The van der Waals surface area contributed by atoms with Crippen molar-refractivity contribution in [1.82, 2.24) is 4.65 Å². The Morgan fingerprint density at radius 2 is 1.19 bits per heavy atom. The zero-order chi connectivity index (χ0) is 19.8. The minimum absolute atomic E-state index is 0.293. The lowest BCUT2D eigenvalue weighted by molar-refractivity contribution is 1.16. The predicted molar refractivity (Wildman–Crippen MR) is 125 cm³/mol. The van der Waals surface area contributed by atoms with Crippen LogP contribution in [-0.2, 0) is 0 Å². The molecule has 0 aromatic heterocycles. The van der Waals surface area contributed by atoms with Gasteiger partial charge in [-0.25, -0.2) is 0 Å². The van der Waals surface area contributed by atoms with Crippen LogP contribution in [0.1, 0.15) is 20.8 Å². The largest absolute Gasteiger partial charge is 0.349 e. The summed E-state index contributed by atoms with van der Waals surface area (Å²) in [5.74, 6) is 0. The van der Waals surface area contributed by atoms with Crippen molar-refractivity contribution in [1.29, 1.82) is 0 Å². The van der Waals surface area contributed by atoms with E-state index in [-0.39, 0.29) is 0 Å². The fourth-order valence-corrected chi connectivity index (χ4v) is 15.3. The average Bonchev–Trinajstić information content (AvgIpc) is 2.84. The number of benzene rings is 2. The second kappa shape index (κ2) is 7.51. The lowest BCUT2D eigenvalue weighted by atomic mass is 10.1. The Morgan fingerprint density at radius 3 is 1.52 bits per heavy atom. The highest BCUT2D eigenvalue weighted by atomic mass is 28.4. The van der Waals surface area contributed by atoms with Crippen molar-refractivity contribution in [3.05, 3.63) is 82.6 Å². The van der Waals surface area contributed by atoms with Crippen LogP contribution in [0.15, 0.2) is 82.6 Å². The third-order valence-electron chi connectivity index (χ3n) is 5.66. The van der Waals surface area contributed by atoms with Crippen LogP contribution in [0.4, 0.5) is 0 Å². The van der Waals surface area contributed by atoms with Gasteiger partial charge in [0.1, 0.15) is 8.24 Å². The Hall–Kier alpha value is -1.47. The summed E-state index contributed by atoms with van der Waals surface area (Å²) in [5, 5.41) is 4.45. The van der Waals surface area contributed by atoms with E-state index in [1.807, 2.05) is 0 Å². The minimum Gasteiger partial charge on any atom is -0.349 e. The first kappa shape index (κ1) is 20.3. The van der Waals surface area contributed by atoms with E-state index in [9.17, 15) is 0 Å². The number of nitrogens with one attached hydrogen (secondary N) is 1. The van der Waals surface area contributed by atoms with Gasteiger partial charge in [-0.2, -0.15) is 0 Å².